The molecule has 0 radical (unpaired) electrons. The summed E-state index contributed by atoms with van der Waals surface area (Å²) in [5, 5.41) is 2.84. The van der Waals surface area contributed by atoms with Crippen LogP contribution in [0.4, 0.5) is 4.79 Å². The molecule has 2 aliphatic heterocycles. The summed E-state index contributed by atoms with van der Waals surface area (Å²) in [6.45, 7) is 5.80. The summed E-state index contributed by atoms with van der Waals surface area (Å²) in [5.74, 6) is 0.262. The summed E-state index contributed by atoms with van der Waals surface area (Å²) in [5.41, 5.74) is 1.02. The van der Waals surface area contributed by atoms with E-state index in [1.54, 1.807) is 17.0 Å². The van der Waals surface area contributed by atoms with Crippen molar-refractivity contribution in [3.05, 3.63) is 34.2 Å². The Kier molecular flexibility index (Phi) is 5.34. The van der Waals surface area contributed by atoms with Gasteiger partial charge >= 0.3 is 12.0 Å². The summed E-state index contributed by atoms with van der Waals surface area (Å²) < 4.78 is 6.66. The van der Waals surface area contributed by atoms with Crippen molar-refractivity contribution in [1.82, 2.24) is 14.8 Å². The standard InChI is InChI=1S/C19H27N3O4/c1-12(2)7-15(18(24)26-3)20-19(25)21-9-13-8-14(11-21)16-5-4-6-17(23)22(16)10-13/h4-6,12-15H,7-11H2,1-3H3,(H,20,25)/t13-,14-,15-/m0/s1. The molecule has 26 heavy (non-hydrogen) atoms. The van der Waals surface area contributed by atoms with Gasteiger partial charge in [0.25, 0.3) is 5.56 Å². The Balaban J connectivity index is 1.72. The molecule has 0 aromatic carbocycles. The van der Waals surface area contributed by atoms with Gasteiger partial charge in [0, 0.05) is 37.3 Å². The molecule has 1 fully saturated rings. The third kappa shape index (κ3) is 3.76. The number of aromatic nitrogens is 1. The van der Waals surface area contributed by atoms with Crippen molar-refractivity contribution in [3.63, 3.8) is 0 Å². The fourth-order valence-electron chi connectivity index (χ4n) is 4.13. The van der Waals surface area contributed by atoms with E-state index in [1.165, 1.54) is 7.11 Å². The number of carbonyl (C=O) groups is 2. The molecule has 3 atom stereocenters. The van der Waals surface area contributed by atoms with Crippen molar-refractivity contribution in [1.29, 1.82) is 0 Å². The van der Waals surface area contributed by atoms with Crippen LogP contribution in [-0.2, 0) is 16.1 Å². The number of fused-ring (bicyclic) bond motifs is 4. The molecule has 1 aromatic rings. The number of likely N-dealkylation sites (tertiary alicyclic amines) is 1. The van der Waals surface area contributed by atoms with Crippen LogP contribution in [0.1, 0.15) is 38.3 Å². The average molecular weight is 361 g/mol. The first kappa shape index (κ1) is 18.5. The first-order chi connectivity index (χ1) is 12.4. The molecule has 2 aliphatic rings. The predicted octanol–water partition coefficient (Wildman–Crippen LogP) is 1.56. The lowest BCUT2D eigenvalue weighted by Crippen LogP contribution is -2.54. The number of hydrogen-bond donors (Lipinski definition) is 1. The molecule has 3 rings (SSSR count). The number of hydrogen-bond acceptors (Lipinski definition) is 4. The van der Waals surface area contributed by atoms with E-state index < -0.39 is 12.0 Å². The number of methoxy groups -OCH3 is 1. The average Bonchev–Trinajstić information content (AvgIpc) is 2.60. The molecule has 3 heterocycles. The molecule has 2 bridgehead atoms. The monoisotopic (exact) mass is 361 g/mol. The zero-order valence-corrected chi connectivity index (χ0v) is 15.6. The number of carbonyl (C=O) groups excluding carboxylic acids is 2. The molecule has 1 N–H and O–H groups in total. The van der Waals surface area contributed by atoms with Crippen molar-refractivity contribution in [2.45, 2.75) is 45.2 Å². The molecule has 0 unspecified atom stereocenters. The quantitative estimate of drug-likeness (QED) is 0.826. The molecule has 7 heteroatoms. The van der Waals surface area contributed by atoms with E-state index in [0.717, 1.165) is 12.1 Å². The summed E-state index contributed by atoms with van der Waals surface area (Å²) in [6, 6.07) is 4.47. The number of urea groups is 1. The summed E-state index contributed by atoms with van der Waals surface area (Å²) >= 11 is 0. The highest BCUT2D eigenvalue weighted by Crippen LogP contribution is 2.34. The highest BCUT2D eigenvalue weighted by atomic mass is 16.5. The number of ether oxygens (including phenoxy) is 1. The highest BCUT2D eigenvalue weighted by molar-refractivity contribution is 5.83. The number of rotatable bonds is 4. The van der Waals surface area contributed by atoms with Crippen LogP contribution in [0, 0.1) is 11.8 Å². The fraction of sp³-hybridized carbons (Fsp3) is 0.632. The minimum absolute atomic E-state index is 0.0257. The van der Waals surface area contributed by atoms with E-state index >= 15 is 0 Å². The minimum atomic E-state index is -0.635. The maximum Gasteiger partial charge on any atom is 0.328 e. The Morgan fingerprint density at radius 1 is 1.27 bits per heavy atom. The second-order valence-corrected chi connectivity index (χ2v) is 7.76. The lowest BCUT2D eigenvalue weighted by Gasteiger charge is -2.42. The van der Waals surface area contributed by atoms with Gasteiger partial charge in [0.1, 0.15) is 6.04 Å². The fourth-order valence-corrected chi connectivity index (χ4v) is 4.13. The van der Waals surface area contributed by atoms with Gasteiger partial charge in [-0.1, -0.05) is 19.9 Å². The molecule has 0 spiro atoms. The van der Waals surface area contributed by atoms with Gasteiger partial charge in [-0.15, -0.1) is 0 Å². The first-order valence-electron chi connectivity index (χ1n) is 9.22. The number of esters is 1. The Bertz CT molecular complexity index is 743. The Hall–Kier alpha value is -2.31. The first-order valence-corrected chi connectivity index (χ1v) is 9.22. The van der Waals surface area contributed by atoms with E-state index in [2.05, 4.69) is 5.32 Å². The van der Waals surface area contributed by atoms with Gasteiger partial charge in [-0.3, -0.25) is 4.79 Å². The van der Waals surface area contributed by atoms with Crippen LogP contribution in [0.3, 0.4) is 0 Å². The third-order valence-corrected chi connectivity index (χ3v) is 5.26. The number of amides is 2. The second kappa shape index (κ2) is 7.51. The van der Waals surface area contributed by atoms with Gasteiger partial charge in [-0.05, 0) is 30.7 Å². The molecule has 2 amide bonds. The zero-order chi connectivity index (χ0) is 18.8. The van der Waals surface area contributed by atoms with Crippen LogP contribution in [0.25, 0.3) is 0 Å². The van der Waals surface area contributed by atoms with Crippen LogP contribution in [-0.4, -0.2) is 47.7 Å². The van der Waals surface area contributed by atoms with Gasteiger partial charge < -0.3 is 19.5 Å². The topological polar surface area (TPSA) is 80.6 Å². The van der Waals surface area contributed by atoms with Crippen molar-refractivity contribution in [3.8, 4) is 0 Å². The second-order valence-electron chi connectivity index (χ2n) is 7.76. The van der Waals surface area contributed by atoms with Crippen LogP contribution < -0.4 is 10.9 Å². The van der Waals surface area contributed by atoms with E-state index in [-0.39, 0.29) is 29.3 Å². The van der Waals surface area contributed by atoms with Gasteiger partial charge in [-0.25, -0.2) is 9.59 Å². The summed E-state index contributed by atoms with van der Waals surface area (Å²) in [4.78, 5) is 38.6. The van der Waals surface area contributed by atoms with E-state index in [0.29, 0.717) is 26.1 Å². The highest BCUT2D eigenvalue weighted by Gasteiger charge is 2.37. The Morgan fingerprint density at radius 3 is 2.73 bits per heavy atom. The maximum atomic E-state index is 12.8. The lowest BCUT2D eigenvalue weighted by atomic mass is 9.83. The predicted molar refractivity (Wildman–Crippen MR) is 96.9 cm³/mol. The zero-order valence-electron chi connectivity index (χ0n) is 15.6. The maximum absolute atomic E-state index is 12.8. The minimum Gasteiger partial charge on any atom is -0.467 e. The largest absolute Gasteiger partial charge is 0.467 e. The van der Waals surface area contributed by atoms with Crippen molar-refractivity contribution < 1.29 is 14.3 Å². The molecule has 0 aliphatic carbocycles. The van der Waals surface area contributed by atoms with Crippen molar-refractivity contribution >= 4 is 12.0 Å². The van der Waals surface area contributed by atoms with Crippen molar-refractivity contribution in [2.75, 3.05) is 20.2 Å². The number of piperidine rings is 1. The lowest BCUT2D eigenvalue weighted by molar-refractivity contribution is -0.143. The summed E-state index contributed by atoms with van der Waals surface area (Å²) in [7, 11) is 1.34. The van der Waals surface area contributed by atoms with Gasteiger partial charge in [0.2, 0.25) is 0 Å². The smallest absolute Gasteiger partial charge is 0.328 e. The van der Waals surface area contributed by atoms with E-state index in [9.17, 15) is 14.4 Å². The normalized spacial score (nSPS) is 22.5. The third-order valence-electron chi connectivity index (χ3n) is 5.26. The molecule has 1 saturated heterocycles. The summed E-state index contributed by atoms with van der Waals surface area (Å²) in [6.07, 6.45) is 1.52. The van der Waals surface area contributed by atoms with Crippen LogP contribution in [0.5, 0.6) is 0 Å². The van der Waals surface area contributed by atoms with Crippen molar-refractivity contribution in [2.24, 2.45) is 11.8 Å². The van der Waals surface area contributed by atoms with Gasteiger partial charge in [-0.2, -0.15) is 0 Å². The number of nitrogens with zero attached hydrogens (tertiary/aromatic N) is 2. The number of nitrogens with one attached hydrogen (secondary N) is 1. The Morgan fingerprint density at radius 2 is 2.04 bits per heavy atom. The van der Waals surface area contributed by atoms with Gasteiger partial charge in [0.05, 0.1) is 7.11 Å². The molecule has 1 aromatic heterocycles. The molecule has 7 nitrogen and oxygen atoms in total. The molecular formula is C19H27N3O4. The SMILES string of the molecule is COC(=O)[C@H](CC(C)C)NC(=O)N1C[C@@H]2C[C@@H](C1)c1cccc(=O)n1C2. The Labute approximate surface area is 153 Å². The van der Waals surface area contributed by atoms with Crippen LogP contribution >= 0.6 is 0 Å². The van der Waals surface area contributed by atoms with Crippen LogP contribution in [0.2, 0.25) is 0 Å². The number of pyridine rings is 1. The van der Waals surface area contributed by atoms with Crippen LogP contribution in [0.15, 0.2) is 23.0 Å². The molecular weight excluding hydrogens is 334 g/mol. The molecule has 0 saturated carbocycles. The van der Waals surface area contributed by atoms with Gasteiger partial charge in [0.15, 0.2) is 0 Å². The van der Waals surface area contributed by atoms with E-state index in [1.807, 2.05) is 24.5 Å². The molecule has 142 valence electrons. The van der Waals surface area contributed by atoms with E-state index in [4.69, 9.17) is 4.74 Å².